The lowest BCUT2D eigenvalue weighted by molar-refractivity contribution is 1.43. The highest BCUT2D eigenvalue weighted by Crippen LogP contribution is 2.37. The van der Waals surface area contributed by atoms with Crippen LogP contribution in [0.5, 0.6) is 0 Å². The first-order chi connectivity index (χ1) is 12.4. The van der Waals surface area contributed by atoms with Gasteiger partial charge in [0.15, 0.2) is 0 Å². The van der Waals surface area contributed by atoms with Gasteiger partial charge in [-0.15, -0.1) is 5.54 Å². The largest absolute Gasteiger partial charge is 0.354 e. The first-order valence-electron chi connectivity index (χ1n) is 9.07. The zero-order valence-electron chi connectivity index (χ0n) is 15.8. The molecule has 0 atom stereocenters. The van der Waals surface area contributed by atoms with E-state index in [0.717, 1.165) is 5.56 Å². The topological polar surface area (TPSA) is 15.8 Å². The summed E-state index contributed by atoms with van der Waals surface area (Å²) >= 11 is 0. The van der Waals surface area contributed by atoms with Crippen LogP contribution in [0.1, 0.15) is 11.1 Å². The van der Waals surface area contributed by atoms with Crippen molar-refractivity contribution in [1.29, 1.82) is 0 Å². The zero-order chi connectivity index (χ0) is 18.3. The predicted octanol–water partition coefficient (Wildman–Crippen LogP) is 6.53. The third kappa shape index (κ3) is 2.96. The van der Waals surface area contributed by atoms with Gasteiger partial charge in [0, 0.05) is 27.4 Å². The molecule has 0 saturated heterocycles. The molecule has 0 amide bonds. The number of hydrogen-bond donors (Lipinski definition) is 1. The maximum atomic E-state index is 3.65. The molecule has 4 rings (SSSR count). The molecule has 1 aromatic heterocycles. The molecule has 0 radical (unpaired) electrons. The van der Waals surface area contributed by atoms with E-state index < -0.39 is 8.07 Å². The van der Waals surface area contributed by atoms with Gasteiger partial charge in [-0.1, -0.05) is 74.1 Å². The lowest BCUT2D eigenvalue weighted by Crippen LogP contribution is -2.16. The van der Waals surface area contributed by atoms with E-state index in [-0.39, 0.29) is 0 Å². The second kappa shape index (κ2) is 6.19. The van der Waals surface area contributed by atoms with Crippen LogP contribution in [0.15, 0.2) is 60.7 Å². The van der Waals surface area contributed by atoms with Gasteiger partial charge in [-0.05, 0) is 30.2 Å². The van der Waals surface area contributed by atoms with Crippen LogP contribution < -0.4 is 0 Å². The van der Waals surface area contributed by atoms with Crippen molar-refractivity contribution < 1.29 is 0 Å². The van der Waals surface area contributed by atoms with Crippen LogP contribution in [-0.2, 0) is 0 Å². The molecule has 2 heteroatoms. The van der Waals surface area contributed by atoms with E-state index in [1.807, 2.05) is 0 Å². The highest BCUT2D eigenvalue weighted by Gasteiger charge is 2.15. The van der Waals surface area contributed by atoms with Crippen molar-refractivity contribution in [3.8, 4) is 22.6 Å². The summed E-state index contributed by atoms with van der Waals surface area (Å²) in [6.07, 6.45) is 0. The number of rotatable bonds is 1. The number of hydrogen-bond acceptors (Lipinski definition) is 0. The molecule has 0 spiro atoms. The van der Waals surface area contributed by atoms with Crippen LogP contribution in [0, 0.1) is 18.4 Å². The molecular formula is C24H23NSi. The Morgan fingerprint density at radius 2 is 1.54 bits per heavy atom. The molecule has 0 aliphatic carbocycles. The first kappa shape index (κ1) is 16.7. The molecule has 1 N–H and O–H groups in total. The van der Waals surface area contributed by atoms with E-state index in [9.17, 15) is 0 Å². The lowest BCUT2D eigenvalue weighted by atomic mass is 9.93. The van der Waals surface area contributed by atoms with Gasteiger partial charge in [-0.2, -0.15) is 0 Å². The van der Waals surface area contributed by atoms with E-state index in [0.29, 0.717) is 0 Å². The van der Waals surface area contributed by atoms with E-state index in [1.165, 1.54) is 38.5 Å². The van der Waals surface area contributed by atoms with Gasteiger partial charge in [0.05, 0.1) is 5.52 Å². The third-order valence-electron chi connectivity index (χ3n) is 4.70. The number of fused-ring (bicyclic) bond motifs is 3. The summed E-state index contributed by atoms with van der Waals surface area (Å²) in [7, 11) is -1.43. The predicted molar refractivity (Wildman–Crippen MR) is 116 cm³/mol. The molecule has 3 aromatic carbocycles. The average Bonchev–Trinajstić information content (AvgIpc) is 2.98. The van der Waals surface area contributed by atoms with Gasteiger partial charge >= 0.3 is 0 Å². The molecule has 0 unspecified atom stereocenters. The number of H-pyrrole nitrogens is 1. The van der Waals surface area contributed by atoms with E-state index >= 15 is 0 Å². The number of aromatic amines is 1. The van der Waals surface area contributed by atoms with Crippen LogP contribution in [0.2, 0.25) is 19.6 Å². The standard InChI is InChI=1S/C24H23NSi/c1-17-19(14-15-26(2,3)4)16-21-20-12-8-9-13-22(20)25-24(21)23(17)18-10-6-5-7-11-18/h5-13,16,25H,1-4H3. The molecule has 128 valence electrons. The van der Waals surface area contributed by atoms with Crippen molar-refractivity contribution >= 4 is 29.9 Å². The molecule has 1 heterocycles. The molecule has 0 saturated carbocycles. The molecule has 0 aliphatic heterocycles. The summed E-state index contributed by atoms with van der Waals surface area (Å²) in [6, 6.07) is 21.4. The fraction of sp³-hybridized carbons (Fsp3) is 0.167. The summed E-state index contributed by atoms with van der Waals surface area (Å²) in [6.45, 7) is 9.06. The number of nitrogens with one attached hydrogen (secondary N) is 1. The summed E-state index contributed by atoms with van der Waals surface area (Å²) in [4.78, 5) is 3.65. The maximum Gasteiger partial charge on any atom is 0.129 e. The molecule has 0 aliphatic rings. The van der Waals surface area contributed by atoms with Crippen LogP contribution >= 0.6 is 0 Å². The average molecular weight is 354 g/mol. The number of benzene rings is 3. The van der Waals surface area contributed by atoms with Gasteiger partial charge < -0.3 is 4.98 Å². The van der Waals surface area contributed by atoms with Gasteiger partial charge in [0.25, 0.3) is 0 Å². The fourth-order valence-corrected chi connectivity index (χ4v) is 3.95. The second-order valence-electron chi connectivity index (χ2n) is 7.88. The van der Waals surface area contributed by atoms with E-state index in [1.54, 1.807) is 0 Å². The first-order valence-corrected chi connectivity index (χ1v) is 12.6. The van der Waals surface area contributed by atoms with Crippen LogP contribution in [0.3, 0.4) is 0 Å². The normalized spacial score (nSPS) is 11.5. The van der Waals surface area contributed by atoms with Gasteiger partial charge in [0.2, 0.25) is 0 Å². The quantitative estimate of drug-likeness (QED) is 0.296. The molecule has 26 heavy (non-hydrogen) atoms. The minimum atomic E-state index is -1.43. The fourth-order valence-electron chi connectivity index (χ4n) is 3.44. The minimum Gasteiger partial charge on any atom is -0.354 e. The molecule has 0 fully saturated rings. The Bertz CT molecular complexity index is 1170. The van der Waals surface area contributed by atoms with E-state index in [2.05, 4.69) is 104 Å². The number of aromatic nitrogens is 1. The van der Waals surface area contributed by atoms with Crippen LogP contribution in [0.4, 0.5) is 0 Å². The Morgan fingerprint density at radius 3 is 2.27 bits per heavy atom. The Kier molecular flexibility index (Phi) is 3.98. The van der Waals surface area contributed by atoms with Gasteiger partial charge in [-0.25, -0.2) is 0 Å². The van der Waals surface area contributed by atoms with Crippen molar-refractivity contribution in [1.82, 2.24) is 4.98 Å². The summed E-state index contributed by atoms with van der Waals surface area (Å²) in [5, 5.41) is 2.51. The van der Waals surface area contributed by atoms with Gasteiger partial charge in [-0.3, -0.25) is 0 Å². The smallest absolute Gasteiger partial charge is 0.129 e. The molecular weight excluding hydrogens is 330 g/mol. The second-order valence-corrected chi connectivity index (χ2v) is 12.6. The number of para-hydroxylation sites is 1. The van der Waals surface area contributed by atoms with E-state index in [4.69, 9.17) is 0 Å². The molecule has 1 nitrogen and oxygen atoms in total. The Labute approximate surface area is 156 Å². The maximum absolute atomic E-state index is 3.65. The lowest BCUT2D eigenvalue weighted by Gasteiger charge is -2.11. The summed E-state index contributed by atoms with van der Waals surface area (Å²) in [5.74, 6) is 3.51. The molecule has 0 bridgehead atoms. The monoisotopic (exact) mass is 353 g/mol. The van der Waals surface area contributed by atoms with Crippen molar-refractivity contribution in [2.45, 2.75) is 26.6 Å². The van der Waals surface area contributed by atoms with Crippen molar-refractivity contribution in [3.63, 3.8) is 0 Å². The highest BCUT2D eigenvalue weighted by atomic mass is 28.3. The van der Waals surface area contributed by atoms with Crippen molar-refractivity contribution in [2.24, 2.45) is 0 Å². The Balaban J connectivity index is 2.12. The summed E-state index contributed by atoms with van der Waals surface area (Å²) in [5.41, 5.74) is 10.8. The van der Waals surface area contributed by atoms with Crippen LogP contribution in [-0.4, -0.2) is 13.1 Å². The zero-order valence-corrected chi connectivity index (χ0v) is 16.8. The minimum absolute atomic E-state index is 1.14. The van der Waals surface area contributed by atoms with Crippen molar-refractivity contribution in [3.05, 3.63) is 71.8 Å². The third-order valence-corrected chi connectivity index (χ3v) is 5.57. The SMILES string of the molecule is Cc1c(C#C[Si](C)(C)C)cc2c([nH]c3ccccc32)c1-c1ccccc1. The highest BCUT2D eigenvalue weighted by molar-refractivity contribution is 6.83. The van der Waals surface area contributed by atoms with Crippen LogP contribution in [0.25, 0.3) is 32.9 Å². The Hall–Kier alpha value is -2.76. The van der Waals surface area contributed by atoms with Gasteiger partial charge in [0.1, 0.15) is 8.07 Å². The molecule has 4 aromatic rings. The van der Waals surface area contributed by atoms with Crippen molar-refractivity contribution in [2.75, 3.05) is 0 Å². The summed E-state index contributed by atoms with van der Waals surface area (Å²) < 4.78 is 0. The Morgan fingerprint density at radius 1 is 0.846 bits per heavy atom.